The summed E-state index contributed by atoms with van der Waals surface area (Å²) in [5, 5.41) is 13.7. The van der Waals surface area contributed by atoms with E-state index in [0.29, 0.717) is 12.6 Å². The lowest BCUT2D eigenvalue weighted by Crippen LogP contribution is -2.01. The summed E-state index contributed by atoms with van der Waals surface area (Å²) in [7, 11) is 1.96. The SMILES string of the molecule is CCOc1ccccc1C=NNc1nnc2c3ccccc3n(C)c2n1. The molecule has 0 aliphatic carbocycles. The van der Waals surface area contributed by atoms with Crippen LogP contribution in [0.3, 0.4) is 0 Å². The van der Waals surface area contributed by atoms with Gasteiger partial charge in [0.1, 0.15) is 11.3 Å². The molecular weight excluding hydrogens is 328 g/mol. The van der Waals surface area contributed by atoms with Gasteiger partial charge in [0, 0.05) is 18.0 Å². The standard InChI is InChI=1S/C19H18N6O/c1-3-26-16-11-7-4-8-13(16)12-20-23-19-21-18-17(22-24-19)14-9-5-6-10-15(14)25(18)2/h4-12H,3H2,1-2H3,(H,21,23,24). The number of ether oxygens (including phenoxy) is 1. The fourth-order valence-electron chi connectivity index (χ4n) is 2.89. The molecule has 0 spiro atoms. The van der Waals surface area contributed by atoms with E-state index >= 15 is 0 Å². The van der Waals surface area contributed by atoms with Crippen LogP contribution in [0.5, 0.6) is 5.75 Å². The number of hydrazone groups is 1. The maximum absolute atomic E-state index is 5.58. The lowest BCUT2D eigenvalue weighted by molar-refractivity contribution is 0.340. The van der Waals surface area contributed by atoms with Gasteiger partial charge in [-0.2, -0.15) is 10.1 Å². The molecule has 0 unspecified atom stereocenters. The smallest absolute Gasteiger partial charge is 0.265 e. The van der Waals surface area contributed by atoms with Crippen molar-refractivity contribution in [2.75, 3.05) is 12.0 Å². The Hall–Kier alpha value is -3.48. The van der Waals surface area contributed by atoms with Gasteiger partial charge >= 0.3 is 0 Å². The van der Waals surface area contributed by atoms with Gasteiger partial charge in [0.15, 0.2) is 5.65 Å². The van der Waals surface area contributed by atoms with Crippen LogP contribution >= 0.6 is 0 Å². The van der Waals surface area contributed by atoms with Crippen molar-refractivity contribution in [3.05, 3.63) is 54.1 Å². The second kappa shape index (κ2) is 6.79. The van der Waals surface area contributed by atoms with Crippen LogP contribution in [0.25, 0.3) is 22.1 Å². The van der Waals surface area contributed by atoms with Crippen LogP contribution in [-0.2, 0) is 7.05 Å². The number of nitrogens with one attached hydrogen (secondary N) is 1. The Morgan fingerprint density at radius 2 is 1.92 bits per heavy atom. The quantitative estimate of drug-likeness (QED) is 0.443. The first-order valence-electron chi connectivity index (χ1n) is 8.36. The van der Waals surface area contributed by atoms with E-state index in [1.54, 1.807) is 6.21 Å². The minimum absolute atomic E-state index is 0.341. The topological polar surface area (TPSA) is 77.2 Å². The minimum atomic E-state index is 0.341. The fourth-order valence-corrected chi connectivity index (χ4v) is 2.89. The van der Waals surface area contributed by atoms with Crippen molar-refractivity contribution in [2.45, 2.75) is 6.92 Å². The first kappa shape index (κ1) is 16.0. The number of rotatable bonds is 5. The summed E-state index contributed by atoms with van der Waals surface area (Å²) in [6.07, 6.45) is 1.68. The predicted molar refractivity (Wildman–Crippen MR) is 103 cm³/mol. The maximum Gasteiger partial charge on any atom is 0.265 e. The zero-order chi connectivity index (χ0) is 17.9. The number of hydrogen-bond donors (Lipinski definition) is 1. The lowest BCUT2D eigenvalue weighted by Gasteiger charge is -2.05. The molecule has 2 aromatic carbocycles. The maximum atomic E-state index is 5.58. The van der Waals surface area contributed by atoms with Gasteiger partial charge in [0.05, 0.1) is 18.3 Å². The third-order valence-corrected chi connectivity index (χ3v) is 4.09. The summed E-state index contributed by atoms with van der Waals surface area (Å²) in [5.74, 6) is 1.12. The molecule has 0 radical (unpaired) electrons. The van der Waals surface area contributed by atoms with E-state index in [4.69, 9.17) is 4.74 Å². The zero-order valence-corrected chi connectivity index (χ0v) is 14.5. The van der Waals surface area contributed by atoms with Crippen molar-refractivity contribution in [3.8, 4) is 5.75 Å². The predicted octanol–water partition coefficient (Wildman–Crippen LogP) is 3.36. The molecule has 0 fully saturated rings. The molecule has 7 nitrogen and oxygen atoms in total. The van der Waals surface area contributed by atoms with Crippen LogP contribution in [0.15, 0.2) is 53.6 Å². The zero-order valence-electron chi connectivity index (χ0n) is 14.5. The Balaban J connectivity index is 1.62. The van der Waals surface area contributed by atoms with E-state index in [9.17, 15) is 0 Å². The Kier molecular flexibility index (Phi) is 4.18. The Morgan fingerprint density at radius 3 is 2.81 bits per heavy atom. The normalized spacial score (nSPS) is 11.5. The summed E-state index contributed by atoms with van der Waals surface area (Å²) in [5.41, 5.74) is 6.32. The molecule has 130 valence electrons. The van der Waals surface area contributed by atoms with Gasteiger partial charge in [0.2, 0.25) is 0 Å². The number of aryl methyl sites for hydroxylation is 1. The van der Waals surface area contributed by atoms with Crippen LogP contribution in [0.1, 0.15) is 12.5 Å². The molecular formula is C19H18N6O. The number of fused-ring (bicyclic) bond motifs is 3. The van der Waals surface area contributed by atoms with E-state index in [-0.39, 0.29) is 0 Å². The number of anilines is 1. The van der Waals surface area contributed by atoms with Gasteiger partial charge < -0.3 is 9.30 Å². The van der Waals surface area contributed by atoms with Gasteiger partial charge in [-0.1, -0.05) is 30.3 Å². The minimum Gasteiger partial charge on any atom is -0.493 e. The summed E-state index contributed by atoms with van der Waals surface area (Å²) < 4.78 is 7.58. The van der Waals surface area contributed by atoms with Crippen molar-refractivity contribution < 1.29 is 4.74 Å². The van der Waals surface area contributed by atoms with Gasteiger partial charge in [0.25, 0.3) is 5.95 Å². The molecule has 1 N–H and O–H groups in total. The summed E-state index contributed by atoms with van der Waals surface area (Å²) in [4.78, 5) is 4.54. The highest BCUT2D eigenvalue weighted by atomic mass is 16.5. The molecule has 0 atom stereocenters. The van der Waals surface area contributed by atoms with Crippen LogP contribution < -0.4 is 10.2 Å². The number of para-hydroxylation sites is 2. The highest BCUT2D eigenvalue weighted by Crippen LogP contribution is 2.24. The summed E-state index contributed by atoms with van der Waals surface area (Å²) >= 11 is 0. The van der Waals surface area contributed by atoms with E-state index in [1.165, 1.54) is 0 Å². The molecule has 7 heteroatoms. The summed E-state index contributed by atoms with van der Waals surface area (Å²) in [6.45, 7) is 2.55. The van der Waals surface area contributed by atoms with Crippen LogP contribution in [0, 0.1) is 0 Å². The van der Waals surface area contributed by atoms with Crippen LogP contribution in [0.4, 0.5) is 5.95 Å². The third kappa shape index (κ3) is 2.83. The van der Waals surface area contributed by atoms with Crippen molar-refractivity contribution in [1.82, 2.24) is 19.7 Å². The molecule has 0 aliphatic heterocycles. The van der Waals surface area contributed by atoms with Gasteiger partial charge in [-0.25, -0.2) is 5.43 Å². The summed E-state index contributed by atoms with van der Waals surface area (Å²) in [6, 6.07) is 15.7. The first-order chi connectivity index (χ1) is 12.8. The highest BCUT2D eigenvalue weighted by molar-refractivity contribution is 6.04. The molecule has 0 saturated heterocycles. The van der Waals surface area contributed by atoms with Crippen molar-refractivity contribution in [1.29, 1.82) is 0 Å². The average molecular weight is 346 g/mol. The van der Waals surface area contributed by atoms with E-state index in [1.807, 2.05) is 67.1 Å². The van der Waals surface area contributed by atoms with E-state index in [2.05, 4.69) is 25.7 Å². The van der Waals surface area contributed by atoms with Gasteiger partial charge in [-0.3, -0.25) is 0 Å². The van der Waals surface area contributed by atoms with Crippen molar-refractivity contribution >= 4 is 34.2 Å². The number of aromatic nitrogens is 4. The molecule has 0 bridgehead atoms. The van der Waals surface area contributed by atoms with Crippen molar-refractivity contribution in [3.63, 3.8) is 0 Å². The van der Waals surface area contributed by atoms with Crippen LogP contribution in [-0.4, -0.2) is 32.6 Å². The average Bonchev–Trinajstić information content (AvgIpc) is 2.96. The molecule has 0 aliphatic rings. The molecule has 26 heavy (non-hydrogen) atoms. The first-order valence-corrected chi connectivity index (χ1v) is 8.36. The second-order valence-electron chi connectivity index (χ2n) is 5.72. The van der Waals surface area contributed by atoms with Crippen LogP contribution in [0.2, 0.25) is 0 Å². The second-order valence-corrected chi connectivity index (χ2v) is 5.72. The fraction of sp³-hybridized carbons (Fsp3) is 0.158. The number of nitrogens with zero attached hydrogens (tertiary/aromatic N) is 5. The Bertz CT molecular complexity index is 1100. The third-order valence-electron chi connectivity index (χ3n) is 4.09. The lowest BCUT2D eigenvalue weighted by atomic mass is 10.2. The molecule has 2 heterocycles. The van der Waals surface area contributed by atoms with Gasteiger partial charge in [-0.15, -0.1) is 10.2 Å². The molecule has 0 amide bonds. The molecule has 4 aromatic rings. The van der Waals surface area contributed by atoms with E-state index < -0.39 is 0 Å². The molecule has 2 aromatic heterocycles. The highest BCUT2D eigenvalue weighted by Gasteiger charge is 2.11. The Morgan fingerprint density at radius 1 is 1.12 bits per heavy atom. The number of hydrogen-bond acceptors (Lipinski definition) is 6. The van der Waals surface area contributed by atoms with Crippen molar-refractivity contribution in [2.24, 2.45) is 12.1 Å². The monoisotopic (exact) mass is 346 g/mol. The number of benzene rings is 2. The van der Waals surface area contributed by atoms with Gasteiger partial charge in [-0.05, 0) is 25.1 Å². The molecule has 4 rings (SSSR count). The Labute approximate surface area is 150 Å². The molecule has 0 saturated carbocycles. The van der Waals surface area contributed by atoms with E-state index in [0.717, 1.165) is 33.4 Å². The largest absolute Gasteiger partial charge is 0.493 e.